The number of nitrogens with zero attached hydrogens (tertiary/aromatic N) is 4. The van der Waals surface area contributed by atoms with Crippen LogP contribution < -0.4 is 20.7 Å². The molecule has 0 bridgehead atoms. The average molecular weight is 692 g/mol. The van der Waals surface area contributed by atoms with Crippen LogP contribution in [0.25, 0.3) is 0 Å². The molecule has 4 N–H and O–H groups in total. The molecule has 2 saturated carbocycles. The van der Waals surface area contributed by atoms with Crippen LogP contribution in [0.4, 0.5) is 0 Å². The molecule has 2 aliphatic carbocycles. The van der Waals surface area contributed by atoms with Crippen molar-refractivity contribution in [2.75, 3.05) is 52.4 Å². The Bertz CT molecular complexity index is 1350. The van der Waals surface area contributed by atoms with Crippen molar-refractivity contribution in [2.24, 2.45) is 11.3 Å². The molecule has 1 aromatic heterocycles. The van der Waals surface area contributed by atoms with Gasteiger partial charge in [-0.3, -0.25) is 25.2 Å². The first-order valence-electron chi connectivity index (χ1n) is 19.8. The van der Waals surface area contributed by atoms with Gasteiger partial charge in [0.1, 0.15) is 12.4 Å². The van der Waals surface area contributed by atoms with Gasteiger partial charge in [-0.05, 0) is 68.3 Å². The summed E-state index contributed by atoms with van der Waals surface area (Å²) in [5.74, 6) is 1.59. The van der Waals surface area contributed by atoms with Crippen LogP contribution >= 0.6 is 0 Å². The number of aliphatic hydroxyl groups excluding tert-OH is 1. The Morgan fingerprint density at radius 2 is 1.86 bits per heavy atom. The number of piperazine rings is 1. The number of rotatable bonds is 12. The van der Waals surface area contributed by atoms with Crippen molar-refractivity contribution >= 4 is 5.91 Å². The maximum atomic E-state index is 14.5. The van der Waals surface area contributed by atoms with E-state index in [4.69, 9.17) is 9.15 Å². The number of β-amino-alcohol motifs (C(OH)–C–C–N with tert-alkyl or cyclic N) is 1. The predicted octanol–water partition coefficient (Wildman–Crippen LogP) is 3.86. The monoisotopic (exact) mass is 691 g/mol. The summed E-state index contributed by atoms with van der Waals surface area (Å²) >= 11 is 0. The van der Waals surface area contributed by atoms with Crippen molar-refractivity contribution in [3.63, 3.8) is 0 Å². The highest BCUT2D eigenvalue weighted by atomic mass is 16.5. The van der Waals surface area contributed by atoms with E-state index in [1.807, 2.05) is 6.07 Å². The van der Waals surface area contributed by atoms with E-state index >= 15 is 0 Å². The summed E-state index contributed by atoms with van der Waals surface area (Å²) < 4.78 is 11.2. The van der Waals surface area contributed by atoms with Crippen LogP contribution in [0.5, 0.6) is 5.75 Å². The van der Waals surface area contributed by atoms with Gasteiger partial charge in [0.05, 0.1) is 24.6 Å². The number of carbonyl (C=O) groups is 1. The van der Waals surface area contributed by atoms with E-state index in [2.05, 4.69) is 54.7 Å². The zero-order chi connectivity index (χ0) is 34.3. The Labute approximate surface area is 298 Å². The summed E-state index contributed by atoms with van der Waals surface area (Å²) in [5.41, 5.74) is 2.44. The Morgan fingerprint density at radius 3 is 2.58 bits per heavy atom. The van der Waals surface area contributed by atoms with Crippen LogP contribution in [0.2, 0.25) is 0 Å². The molecule has 5 aliphatic rings. The molecule has 11 nitrogen and oxygen atoms in total. The van der Waals surface area contributed by atoms with Gasteiger partial charge in [-0.25, -0.2) is 4.98 Å². The third kappa shape index (κ3) is 8.56. The lowest BCUT2D eigenvalue weighted by molar-refractivity contribution is -0.143. The van der Waals surface area contributed by atoms with Crippen molar-refractivity contribution in [1.82, 2.24) is 35.6 Å². The third-order valence-corrected chi connectivity index (χ3v) is 12.5. The van der Waals surface area contributed by atoms with Crippen molar-refractivity contribution in [3.05, 3.63) is 47.7 Å². The van der Waals surface area contributed by atoms with Crippen molar-refractivity contribution < 1.29 is 19.1 Å². The van der Waals surface area contributed by atoms with Crippen molar-refractivity contribution in [2.45, 2.75) is 122 Å². The maximum absolute atomic E-state index is 14.5. The molecule has 0 radical (unpaired) electrons. The number of oxazole rings is 1. The van der Waals surface area contributed by atoms with Gasteiger partial charge in [-0.2, -0.15) is 0 Å². The number of ether oxygens (including phenoxy) is 1. The summed E-state index contributed by atoms with van der Waals surface area (Å²) in [4.78, 5) is 26.0. The summed E-state index contributed by atoms with van der Waals surface area (Å²) in [6.45, 7) is 10.5. The largest absolute Gasteiger partial charge is 0.486 e. The van der Waals surface area contributed by atoms with E-state index in [0.29, 0.717) is 25.0 Å². The summed E-state index contributed by atoms with van der Waals surface area (Å²) in [6.07, 6.45) is 16.6. The summed E-state index contributed by atoms with van der Waals surface area (Å²) in [5, 5.41) is 22.7. The maximum Gasteiger partial charge on any atom is 0.223 e. The first-order chi connectivity index (χ1) is 24.5. The highest BCUT2D eigenvalue weighted by Gasteiger charge is 2.54. The number of aliphatic hydroxyl groups is 1. The average Bonchev–Trinajstić information content (AvgIpc) is 3.64. The number of hydrogen-bond donors (Lipinski definition) is 4. The van der Waals surface area contributed by atoms with E-state index in [9.17, 15) is 9.90 Å². The van der Waals surface area contributed by atoms with Crippen molar-refractivity contribution in [1.29, 1.82) is 0 Å². The summed E-state index contributed by atoms with van der Waals surface area (Å²) in [6, 6.07) is 6.80. The zero-order valence-corrected chi connectivity index (χ0v) is 30.3. The standard InChI is InChI=1S/C39H61N7O4/c1-2-44-17-19-46(20-18-44)38-39(14-6-4-3-5-7-15-39)35(22-36(43-38)42-31-9-8-10-31)37(48)41-23-32(47)26-45-16-13-29-21-33(12-11-30(29)25-45)49-27-34-24-40-28-50-34/h11-12,21,24,28,31-32,35-36,38,42-43,47H,2-10,13-20,22-23,25-27H2,1H3,(H,41,48)/t32-,35?,36?,38?/m0/s1. The lowest BCUT2D eigenvalue weighted by Crippen LogP contribution is -2.72. The van der Waals surface area contributed by atoms with E-state index in [1.54, 1.807) is 6.20 Å². The number of likely N-dealkylation sites (N-methyl/N-ethyl adjacent to an activating group) is 1. The molecule has 4 atom stereocenters. The van der Waals surface area contributed by atoms with Gasteiger partial charge in [0, 0.05) is 69.7 Å². The van der Waals surface area contributed by atoms with Gasteiger partial charge < -0.3 is 24.5 Å². The topological polar surface area (TPSA) is 118 Å². The van der Waals surface area contributed by atoms with E-state index in [-0.39, 0.29) is 36.1 Å². The molecule has 1 spiro atoms. The molecule has 2 saturated heterocycles. The van der Waals surface area contributed by atoms with Gasteiger partial charge in [0.25, 0.3) is 0 Å². The number of carbonyl (C=O) groups excluding carboxylic acids is 1. The third-order valence-electron chi connectivity index (χ3n) is 12.5. The second kappa shape index (κ2) is 16.9. The molecule has 2 aromatic rings. The molecular formula is C39H61N7O4. The number of fused-ring (bicyclic) bond motifs is 1. The van der Waals surface area contributed by atoms with E-state index < -0.39 is 6.10 Å². The molecule has 276 valence electrons. The molecular weight excluding hydrogens is 630 g/mol. The van der Waals surface area contributed by atoms with Crippen LogP contribution in [0, 0.1) is 11.3 Å². The highest BCUT2D eigenvalue weighted by molar-refractivity contribution is 5.80. The molecule has 50 heavy (non-hydrogen) atoms. The normalized spacial score (nSPS) is 27.5. The molecule has 1 aromatic carbocycles. The van der Waals surface area contributed by atoms with Gasteiger partial charge >= 0.3 is 0 Å². The van der Waals surface area contributed by atoms with Crippen molar-refractivity contribution in [3.8, 4) is 5.75 Å². The van der Waals surface area contributed by atoms with Gasteiger partial charge in [0.15, 0.2) is 12.2 Å². The van der Waals surface area contributed by atoms with Gasteiger partial charge in [-0.1, -0.05) is 51.5 Å². The predicted molar refractivity (Wildman–Crippen MR) is 193 cm³/mol. The molecule has 11 heteroatoms. The summed E-state index contributed by atoms with van der Waals surface area (Å²) in [7, 11) is 0. The van der Waals surface area contributed by atoms with Crippen LogP contribution in [-0.4, -0.2) is 108 Å². The minimum absolute atomic E-state index is 0.0804. The number of amides is 1. The molecule has 7 rings (SSSR count). The Hall–Kier alpha value is -2.54. The number of aromatic nitrogens is 1. The fraction of sp³-hybridized carbons (Fsp3) is 0.744. The second-order valence-corrected chi connectivity index (χ2v) is 15.7. The lowest BCUT2D eigenvalue weighted by Gasteiger charge is -2.57. The van der Waals surface area contributed by atoms with Crippen LogP contribution in [0.3, 0.4) is 0 Å². The molecule has 4 fully saturated rings. The SMILES string of the molecule is CCN1CCN(C2NC(NC3CCC3)CC(C(=O)NC[C@H](O)CN3CCc4cc(OCc5cnco5)ccc4C3)C23CCCCCCC3)CC1. The zero-order valence-electron chi connectivity index (χ0n) is 30.3. The lowest BCUT2D eigenvalue weighted by atomic mass is 9.61. The second-order valence-electron chi connectivity index (χ2n) is 15.7. The fourth-order valence-electron chi connectivity index (χ4n) is 9.43. The minimum atomic E-state index is -0.623. The van der Waals surface area contributed by atoms with Gasteiger partial charge in [0.2, 0.25) is 5.91 Å². The van der Waals surface area contributed by atoms with Gasteiger partial charge in [-0.15, -0.1) is 0 Å². The van der Waals surface area contributed by atoms with Crippen LogP contribution in [0.15, 0.2) is 35.2 Å². The minimum Gasteiger partial charge on any atom is -0.486 e. The quantitative estimate of drug-likeness (QED) is 0.262. The Balaban J connectivity index is 0.991. The number of hydrogen-bond acceptors (Lipinski definition) is 10. The smallest absolute Gasteiger partial charge is 0.223 e. The van der Waals surface area contributed by atoms with Crippen LogP contribution in [0.1, 0.15) is 94.4 Å². The highest BCUT2D eigenvalue weighted by Crippen LogP contribution is 2.49. The molecule has 4 heterocycles. The first kappa shape index (κ1) is 35.8. The van der Waals surface area contributed by atoms with E-state index in [0.717, 1.165) is 77.2 Å². The Kier molecular flexibility index (Phi) is 12.1. The van der Waals surface area contributed by atoms with E-state index in [1.165, 1.54) is 68.9 Å². The number of benzene rings is 1. The fourth-order valence-corrected chi connectivity index (χ4v) is 9.43. The Morgan fingerprint density at radius 1 is 1.06 bits per heavy atom. The number of piperidine rings is 1. The first-order valence-corrected chi connectivity index (χ1v) is 19.8. The number of nitrogens with one attached hydrogen (secondary N) is 3. The molecule has 3 unspecified atom stereocenters. The molecule has 1 amide bonds. The van der Waals surface area contributed by atoms with Crippen LogP contribution in [-0.2, 0) is 24.4 Å². The molecule has 3 aliphatic heterocycles.